The van der Waals surface area contributed by atoms with Gasteiger partial charge in [-0.3, -0.25) is 4.57 Å². The highest BCUT2D eigenvalue weighted by Crippen LogP contribution is 2.40. The topological polar surface area (TPSA) is 53.0 Å². The van der Waals surface area contributed by atoms with Gasteiger partial charge >= 0.3 is 5.69 Å². The average molecular weight is 285 g/mol. The zero-order chi connectivity index (χ0) is 15.0. The molecule has 0 aliphatic heterocycles. The molecule has 4 nitrogen and oxygen atoms in total. The van der Waals surface area contributed by atoms with Gasteiger partial charge in [0.25, 0.3) is 0 Å². The van der Waals surface area contributed by atoms with E-state index in [0.29, 0.717) is 6.54 Å². The van der Waals surface area contributed by atoms with E-state index >= 15 is 0 Å². The lowest BCUT2D eigenvalue weighted by molar-refractivity contribution is 0.453. The van der Waals surface area contributed by atoms with E-state index in [-0.39, 0.29) is 11.1 Å². The standard InChI is InChI=1S/C17H23N3O/c1-13-11-19(2)16(21)20(13)15-7-5-14(6-8-15)17(12-18)9-3-4-10-17/h5-8,11H,3-4,9-10,12,18H2,1-2H3. The lowest BCUT2D eigenvalue weighted by atomic mass is 9.79. The Kier molecular flexibility index (Phi) is 3.49. The molecule has 3 rings (SSSR count). The van der Waals surface area contributed by atoms with Crippen molar-refractivity contribution in [3.63, 3.8) is 0 Å². The van der Waals surface area contributed by atoms with E-state index < -0.39 is 0 Å². The maximum atomic E-state index is 12.2. The van der Waals surface area contributed by atoms with Crippen molar-refractivity contribution in [1.29, 1.82) is 0 Å². The Morgan fingerprint density at radius 3 is 2.29 bits per heavy atom. The molecule has 112 valence electrons. The molecule has 1 aromatic heterocycles. The Morgan fingerprint density at radius 2 is 1.81 bits per heavy atom. The molecular weight excluding hydrogens is 262 g/mol. The molecule has 0 amide bonds. The molecule has 1 saturated carbocycles. The largest absolute Gasteiger partial charge is 0.332 e. The quantitative estimate of drug-likeness (QED) is 0.940. The lowest BCUT2D eigenvalue weighted by Gasteiger charge is -2.28. The minimum absolute atomic E-state index is 0.00495. The second-order valence-corrected chi connectivity index (χ2v) is 6.24. The second-order valence-electron chi connectivity index (χ2n) is 6.24. The fraction of sp³-hybridized carbons (Fsp3) is 0.471. The van der Waals surface area contributed by atoms with Gasteiger partial charge in [0.05, 0.1) is 5.69 Å². The normalized spacial score (nSPS) is 17.3. The highest BCUT2D eigenvalue weighted by molar-refractivity contribution is 5.39. The van der Waals surface area contributed by atoms with Crippen LogP contribution in [-0.4, -0.2) is 15.7 Å². The Balaban J connectivity index is 2.00. The van der Waals surface area contributed by atoms with E-state index in [1.807, 2.05) is 25.3 Å². The molecule has 0 radical (unpaired) electrons. The van der Waals surface area contributed by atoms with Crippen LogP contribution in [-0.2, 0) is 12.5 Å². The Bertz CT molecular complexity index is 688. The first kappa shape index (κ1) is 14.1. The highest BCUT2D eigenvalue weighted by Gasteiger charge is 2.34. The van der Waals surface area contributed by atoms with Gasteiger partial charge in [0.2, 0.25) is 0 Å². The van der Waals surface area contributed by atoms with E-state index in [1.54, 1.807) is 16.2 Å². The van der Waals surface area contributed by atoms with Crippen LogP contribution in [0.4, 0.5) is 0 Å². The molecule has 0 saturated heterocycles. The molecule has 1 fully saturated rings. The summed E-state index contributed by atoms with van der Waals surface area (Å²) < 4.78 is 3.36. The monoisotopic (exact) mass is 285 g/mol. The third kappa shape index (κ3) is 2.23. The molecule has 4 heteroatoms. The van der Waals surface area contributed by atoms with Crippen molar-refractivity contribution in [2.45, 2.75) is 38.0 Å². The number of nitrogens with zero attached hydrogens (tertiary/aromatic N) is 2. The van der Waals surface area contributed by atoms with E-state index in [9.17, 15) is 4.79 Å². The molecule has 1 aliphatic carbocycles. The summed E-state index contributed by atoms with van der Waals surface area (Å²) in [7, 11) is 1.78. The summed E-state index contributed by atoms with van der Waals surface area (Å²) in [5.74, 6) is 0. The zero-order valence-electron chi connectivity index (χ0n) is 12.8. The lowest BCUT2D eigenvalue weighted by Crippen LogP contribution is -2.32. The number of rotatable bonds is 3. The zero-order valence-corrected chi connectivity index (χ0v) is 12.8. The first-order valence-corrected chi connectivity index (χ1v) is 7.63. The van der Waals surface area contributed by atoms with Crippen LogP contribution in [0.3, 0.4) is 0 Å². The first-order valence-electron chi connectivity index (χ1n) is 7.63. The number of hydrogen-bond acceptors (Lipinski definition) is 2. The maximum Gasteiger partial charge on any atom is 0.332 e. The van der Waals surface area contributed by atoms with Gasteiger partial charge in [-0.05, 0) is 37.5 Å². The van der Waals surface area contributed by atoms with Crippen molar-refractivity contribution >= 4 is 0 Å². The van der Waals surface area contributed by atoms with Crippen LogP contribution in [0.1, 0.15) is 36.9 Å². The molecule has 2 aromatic rings. The number of hydrogen-bond donors (Lipinski definition) is 1. The van der Waals surface area contributed by atoms with Crippen molar-refractivity contribution < 1.29 is 0 Å². The van der Waals surface area contributed by atoms with Gasteiger partial charge < -0.3 is 10.3 Å². The summed E-state index contributed by atoms with van der Waals surface area (Å²) in [5.41, 5.74) is 9.37. The summed E-state index contributed by atoms with van der Waals surface area (Å²) in [6.45, 7) is 2.66. The van der Waals surface area contributed by atoms with Crippen LogP contribution >= 0.6 is 0 Å². The predicted molar refractivity (Wildman–Crippen MR) is 84.9 cm³/mol. The van der Waals surface area contributed by atoms with Crippen molar-refractivity contribution in [2.75, 3.05) is 6.54 Å². The van der Waals surface area contributed by atoms with Gasteiger partial charge in [-0.1, -0.05) is 25.0 Å². The van der Waals surface area contributed by atoms with Crippen molar-refractivity contribution in [3.05, 3.63) is 52.2 Å². The van der Waals surface area contributed by atoms with Crippen LogP contribution < -0.4 is 11.4 Å². The number of benzene rings is 1. The molecule has 1 aliphatic rings. The van der Waals surface area contributed by atoms with Crippen LogP contribution in [0.5, 0.6) is 0 Å². The van der Waals surface area contributed by atoms with E-state index in [0.717, 1.165) is 11.4 Å². The van der Waals surface area contributed by atoms with Gasteiger partial charge in [-0.2, -0.15) is 0 Å². The van der Waals surface area contributed by atoms with Gasteiger partial charge in [0.15, 0.2) is 0 Å². The summed E-state index contributed by atoms with van der Waals surface area (Å²) in [4.78, 5) is 12.2. The molecule has 0 atom stereocenters. The minimum Gasteiger partial charge on any atom is -0.330 e. The number of aryl methyl sites for hydroxylation is 2. The molecule has 0 bridgehead atoms. The van der Waals surface area contributed by atoms with Gasteiger partial charge in [-0.25, -0.2) is 4.79 Å². The Hall–Kier alpha value is -1.81. The highest BCUT2D eigenvalue weighted by atomic mass is 16.1. The van der Waals surface area contributed by atoms with Crippen molar-refractivity contribution in [3.8, 4) is 5.69 Å². The predicted octanol–water partition coefficient (Wildman–Crippen LogP) is 2.25. The van der Waals surface area contributed by atoms with Crippen molar-refractivity contribution in [2.24, 2.45) is 12.8 Å². The summed E-state index contributed by atoms with van der Waals surface area (Å²) in [6.07, 6.45) is 6.72. The van der Waals surface area contributed by atoms with Gasteiger partial charge in [-0.15, -0.1) is 0 Å². The summed E-state index contributed by atoms with van der Waals surface area (Å²) in [6, 6.07) is 8.37. The fourth-order valence-electron chi connectivity index (χ4n) is 3.64. The van der Waals surface area contributed by atoms with Crippen LogP contribution in [0.15, 0.2) is 35.3 Å². The third-order valence-electron chi connectivity index (χ3n) is 4.92. The Morgan fingerprint density at radius 1 is 1.19 bits per heavy atom. The SMILES string of the molecule is Cc1cn(C)c(=O)n1-c1ccc(C2(CN)CCCC2)cc1. The molecule has 21 heavy (non-hydrogen) atoms. The van der Waals surface area contributed by atoms with Gasteiger partial charge in [0.1, 0.15) is 0 Å². The second kappa shape index (κ2) is 5.19. The average Bonchev–Trinajstić information content (AvgIpc) is 3.06. The fourth-order valence-corrected chi connectivity index (χ4v) is 3.64. The number of imidazole rings is 1. The maximum absolute atomic E-state index is 12.2. The third-order valence-corrected chi connectivity index (χ3v) is 4.92. The summed E-state index contributed by atoms with van der Waals surface area (Å²) in [5, 5.41) is 0. The minimum atomic E-state index is -0.00495. The molecule has 0 unspecified atom stereocenters. The van der Waals surface area contributed by atoms with E-state index in [4.69, 9.17) is 5.73 Å². The van der Waals surface area contributed by atoms with E-state index in [1.165, 1.54) is 31.2 Å². The van der Waals surface area contributed by atoms with Crippen LogP contribution in [0, 0.1) is 6.92 Å². The van der Waals surface area contributed by atoms with Crippen molar-refractivity contribution in [1.82, 2.24) is 9.13 Å². The summed E-state index contributed by atoms with van der Waals surface area (Å²) >= 11 is 0. The first-order chi connectivity index (χ1) is 10.1. The van der Waals surface area contributed by atoms with E-state index in [2.05, 4.69) is 12.1 Å². The molecule has 2 N–H and O–H groups in total. The number of aromatic nitrogens is 2. The van der Waals surface area contributed by atoms with Crippen LogP contribution in [0.2, 0.25) is 0 Å². The Labute approximate surface area is 125 Å². The molecular formula is C17H23N3O. The molecule has 0 spiro atoms. The molecule has 1 aromatic carbocycles. The number of nitrogens with two attached hydrogens (primary N) is 1. The van der Waals surface area contributed by atoms with Gasteiger partial charge in [0, 0.05) is 30.9 Å². The smallest absolute Gasteiger partial charge is 0.330 e. The molecule has 1 heterocycles. The van der Waals surface area contributed by atoms with Crippen LogP contribution in [0.25, 0.3) is 5.69 Å².